The van der Waals surface area contributed by atoms with Gasteiger partial charge in [-0.25, -0.2) is 4.98 Å². The maximum Gasteiger partial charge on any atom is 0.276 e. The summed E-state index contributed by atoms with van der Waals surface area (Å²) in [6.45, 7) is 6.51. The topological polar surface area (TPSA) is 70.7 Å². The second kappa shape index (κ2) is 5.60. The van der Waals surface area contributed by atoms with E-state index in [0.29, 0.717) is 29.3 Å². The Morgan fingerprint density at radius 1 is 1.57 bits per heavy atom. The van der Waals surface area contributed by atoms with Crippen LogP contribution in [-0.2, 0) is 6.42 Å². The average molecular weight is 304 g/mol. The first-order valence-corrected chi connectivity index (χ1v) is 8.22. The number of rotatable bonds is 5. The molecule has 0 saturated heterocycles. The highest BCUT2D eigenvalue weighted by Gasteiger charge is 2.35. The molecule has 2 N–H and O–H groups in total. The van der Waals surface area contributed by atoms with Gasteiger partial charge in [0.1, 0.15) is 5.69 Å². The molecule has 5 nitrogen and oxygen atoms in total. The van der Waals surface area contributed by atoms with E-state index in [2.05, 4.69) is 41.3 Å². The van der Waals surface area contributed by atoms with Crippen LogP contribution in [0.25, 0.3) is 0 Å². The highest BCUT2D eigenvalue weighted by molar-refractivity contribution is 7.09. The minimum Gasteiger partial charge on any atom is -0.304 e. The molecule has 0 aromatic carbocycles. The Bertz CT molecular complexity index is 646. The Hall–Kier alpha value is -1.69. The molecule has 2 atom stereocenters. The summed E-state index contributed by atoms with van der Waals surface area (Å²) in [7, 11) is 0. The van der Waals surface area contributed by atoms with Gasteiger partial charge in [0, 0.05) is 29.5 Å². The van der Waals surface area contributed by atoms with Crippen LogP contribution in [0, 0.1) is 11.8 Å². The molecule has 0 spiro atoms. The van der Waals surface area contributed by atoms with Crippen LogP contribution in [0.4, 0.5) is 5.82 Å². The van der Waals surface area contributed by atoms with Gasteiger partial charge >= 0.3 is 0 Å². The molecule has 2 heterocycles. The van der Waals surface area contributed by atoms with Crippen LogP contribution in [0.1, 0.15) is 54.3 Å². The van der Waals surface area contributed by atoms with Crippen molar-refractivity contribution in [3.8, 4) is 0 Å². The Kier molecular flexibility index (Phi) is 3.80. The molecule has 2 unspecified atom stereocenters. The van der Waals surface area contributed by atoms with Crippen molar-refractivity contribution < 1.29 is 4.79 Å². The van der Waals surface area contributed by atoms with Crippen LogP contribution in [0.5, 0.6) is 0 Å². The van der Waals surface area contributed by atoms with Gasteiger partial charge in [-0.2, -0.15) is 5.10 Å². The molecule has 1 aliphatic carbocycles. The Morgan fingerprint density at radius 3 is 3.00 bits per heavy atom. The van der Waals surface area contributed by atoms with Crippen molar-refractivity contribution in [1.29, 1.82) is 0 Å². The summed E-state index contributed by atoms with van der Waals surface area (Å²) in [5, 5.41) is 12.8. The molecular formula is C15H20N4OS. The van der Waals surface area contributed by atoms with Crippen molar-refractivity contribution in [1.82, 2.24) is 15.2 Å². The van der Waals surface area contributed by atoms with E-state index in [9.17, 15) is 4.79 Å². The lowest BCUT2D eigenvalue weighted by atomic mass is 10.1. The summed E-state index contributed by atoms with van der Waals surface area (Å²) < 4.78 is 0. The predicted molar refractivity (Wildman–Crippen MR) is 83.7 cm³/mol. The molecule has 1 saturated carbocycles. The molecule has 0 bridgehead atoms. The van der Waals surface area contributed by atoms with Gasteiger partial charge in [-0.05, 0) is 18.3 Å². The van der Waals surface area contributed by atoms with Crippen LogP contribution >= 0.6 is 11.3 Å². The molecule has 21 heavy (non-hydrogen) atoms. The van der Waals surface area contributed by atoms with Crippen molar-refractivity contribution in [3.63, 3.8) is 0 Å². The number of amides is 1. The third-order valence-electron chi connectivity index (χ3n) is 3.72. The Balaban J connectivity index is 1.63. The van der Waals surface area contributed by atoms with Gasteiger partial charge < -0.3 is 5.32 Å². The third kappa shape index (κ3) is 3.32. The number of hydrogen-bond donors (Lipinski definition) is 2. The maximum atomic E-state index is 12.2. The highest BCUT2D eigenvalue weighted by atomic mass is 32.1. The van der Waals surface area contributed by atoms with E-state index in [-0.39, 0.29) is 5.91 Å². The predicted octanol–water partition coefficient (Wildman–Crippen LogP) is 3.44. The fourth-order valence-electron chi connectivity index (χ4n) is 2.38. The van der Waals surface area contributed by atoms with Gasteiger partial charge in [-0.1, -0.05) is 20.8 Å². The zero-order valence-electron chi connectivity index (χ0n) is 12.5. The molecule has 6 heteroatoms. The number of anilines is 1. The minimum absolute atomic E-state index is 0.192. The number of nitrogens with zero attached hydrogens (tertiary/aromatic N) is 2. The number of carbonyl (C=O) groups is 1. The van der Waals surface area contributed by atoms with E-state index in [4.69, 9.17) is 0 Å². The number of carbonyl (C=O) groups excluding carboxylic acids is 1. The zero-order chi connectivity index (χ0) is 15.0. The number of H-pyrrole nitrogens is 1. The number of aromatic amines is 1. The van der Waals surface area contributed by atoms with E-state index >= 15 is 0 Å². The molecular weight excluding hydrogens is 284 g/mol. The van der Waals surface area contributed by atoms with Gasteiger partial charge in [0.05, 0.1) is 5.01 Å². The molecule has 112 valence electrons. The summed E-state index contributed by atoms with van der Waals surface area (Å²) in [6, 6.07) is 1.92. The number of nitrogens with one attached hydrogen (secondary N) is 2. The normalized spacial score (nSPS) is 20.8. The molecule has 1 aliphatic rings. The van der Waals surface area contributed by atoms with Crippen molar-refractivity contribution in [2.75, 3.05) is 5.32 Å². The summed E-state index contributed by atoms with van der Waals surface area (Å²) in [5.74, 6) is 2.21. The van der Waals surface area contributed by atoms with Crippen LogP contribution in [-0.4, -0.2) is 21.1 Å². The lowest BCUT2D eigenvalue weighted by molar-refractivity contribution is 0.102. The highest BCUT2D eigenvalue weighted by Crippen LogP contribution is 2.46. The van der Waals surface area contributed by atoms with E-state index in [1.165, 1.54) is 17.8 Å². The molecule has 2 aromatic rings. The van der Waals surface area contributed by atoms with E-state index in [0.717, 1.165) is 17.1 Å². The van der Waals surface area contributed by atoms with Crippen LogP contribution in [0.3, 0.4) is 0 Å². The van der Waals surface area contributed by atoms with E-state index < -0.39 is 0 Å². The molecule has 2 aromatic heterocycles. The summed E-state index contributed by atoms with van der Waals surface area (Å²) in [4.78, 5) is 16.5. The summed E-state index contributed by atoms with van der Waals surface area (Å²) in [6.07, 6.45) is 2.10. The molecule has 3 rings (SSSR count). The first-order chi connectivity index (χ1) is 10.0. The number of hydrogen-bond acceptors (Lipinski definition) is 4. The fraction of sp³-hybridized carbons (Fsp3) is 0.533. The molecule has 1 amide bonds. The SMILES string of the molecule is CC(C)Cc1nc(C(=O)Nc2cc(C3CC3C)[nH]n2)cs1. The molecule has 0 aliphatic heterocycles. The van der Waals surface area contributed by atoms with Gasteiger partial charge in [-0.15, -0.1) is 11.3 Å². The summed E-state index contributed by atoms with van der Waals surface area (Å²) in [5.41, 5.74) is 1.58. The van der Waals surface area contributed by atoms with E-state index in [1.807, 2.05) is 11.4 Å². The van der Waals surface area contributed by atoms with E-state index in [1.54, 1.807) is 0 Å². The van der Waals surface area contributed by atoms with Crippen molar-refractivity contribution >= 4 is 23.1 Å². The first kappa shape index (κ1) is 14.3. The average Bonchev–Trinajstić information content (AvgIpc) is 2.83. The lowest BCUT2D eigenvalue weighted by Gasteiger charge is -1.99. The monoisotopic (exact) mass is 304 g/mol. The number of aromatic nitrogens is 3. The zero-order valence-corrected chi connectivity index (χ0v) is 13.3. The Labute approximate surface area is 128 Å². The van der Waals surface area contributed by atoms with Gasteiger partial charge in [0.2, 0.25) is 0 Å². The van der Waals surface area contributed by atoms with Gasteiger partial charge in [0.15, 0.2) is 5.82 Å². The molecule has 1 fully saturated rings. The van der Waals surface area contributed by atoms with Crippen molar-refractivity contribution in [2.24, 2.45) is 11.8 Å². The maximum absolute atomic E-state index is 12.2. The van der Waals surface area contributed by atoms with Gasteiger partial charge in [0.25, 0.3) is 5.91 Å². The largest absolute Gasteiger partial charge is 0.304 e. The number of thiazole rings is 1. The third-order valence-corrected chi connectivity index (χ3v) is 4.59. The standard InChI is InChI=1S/C15H20N4OS/c1-8(2)4-14-16-12(7-21-14)15(20)17-13-6-11(18-19-13)10-5-9(10)3/h6-10H,4-5H2,1-3H3,(H2,17,18,19,20). The van der Waals surface area contributed by atoms with Crippen LogP contribution in [0.15, 0.2) is 11.4 Å². The lowest BCUT2D eigenvalue weighted by Crippen LogP contribution is -2.12. The Morgan fingerprint density at radius 2 is 2.33 bits per heavy atom. The quantitative estimate of drug-likeness (QED) is 0.889. The smallest absolute Gasteiger partial charge is 0.276 e. The molecule has 0 radical (unpaired) electrons. The summed E-state index contributed by atoms with van der Waals surface area (Å²) >= 11 is 1.54. The van der Waals surface area contributed by atoms with Crippen molar-refractivity contribution in [3.05, 3.63) is 27.8 Å². The van der Waals surface area contributed by atoms with Crippen molar-refractivity contribution in [2.45, 2.75) is 39.5 Å². The van der Waals surface area contributed by atoms with Crippen LogP contribution in [0.2, 0.25) is 0 Å². The second-order valence-corrected chi connectivity index (χ2v) is 7.15. The fourth-order valence-corrected chi connectivity index (χ4v) is 3.37. The van der Waals surface area contributed by atoms with Crippen LogP contribution < -0.4 is 5.32 Å². The first-order valence-electron chi connectivity index (χ1n) is 7.34. The van der Waals surface area contributed by atoms with Gasteiger partial charge in [-0.3, -0.25) is 9.89 Å². The minimum atomic E-state index is -0.192. The second-order valence-electron chi connectivity index (χ2n) is 6.21.